The Morgan fingerprint density at radius 1 is 1.29 bits per heavy atom. The molecule has 3 heterocycles. The van der Waals surface area contributed by atoms with E-state index in [9.17, 15) is 10.1 Å². The van der Waals surface area contributed by atoms with E-state index in [-0.39, 0.29) is 23.8 Å². The van der Waals surface area contributed by atoms with Crippen LogP contribution in [0.3, 0.4) is 0 Å². The van der Waals surface area contributed by atoms with E-state index < -0.39 is 0 Å². The second kappa shape index (κ2) is 9.69. The summed E-state index contributed by atoms with van der Waals surface area (Å²) >= 11 is 6.42. The fourth-order valence-corrected chi connectivity index (χ4v) is 3.73. The Hall–Kier alpha value is -3.96. The minimum absolute atomic E-state index is 0.112. The van der Waals surface area contributed by atoms with Crippen molar-refractivity contribution in [1.82, 2.24) is 14.9 Å². The summed E-state index contributed by atoms with van der Waals surface area (Å²) in [7, 11) is 0. The van der Waals surface area contributed by atoms with Crippen LogP contribution in [0.2, 0.25) is 5.02 Å². The van der Waals surface area contributed by atoms with Gasteiger partial charge in [0.2, 0.25) is 0 Å². The summed E-state index contributed by atoms with van der Waals surface area (Å²) in [5.41, 5.74) is 9.83. The lowest BCUT2D eigenvalue weighted by Gasteiger charge is -2.30. The van der Waals surface area contributed by atoms with Gasteiger partial charge in [0.1, 0.15) is 17.5 Å². The van der Waals surface area contributed by atoms with E-state index in [0.29, 0.717) is 41.2 Å². The summed E-state index contributed by atoms with van der Waals surface area (Å²) < 4.78 is 0. The quantitative estimate of drug-likeness (QED) is 0.590. The van der Waals surface area contributed by atoms with Crippen molar-refractivity contribution >= 4 is 29.8 Å². The second-order valence-corrected chi connectivity index (χ2v) is 6.99. The molecule has 1 aromatic carbocycles. The number of nitriles is 1. The van der Waals surface area contributed by atoms with Crippen molar-refractivity contribution < 1.29 is 14.7 Å². The Bertz CT molecular complexity index is 1160. The summed E-state index contributed by atoms with van der Waals surface area (Å²) in [5, 5.41) is 17.1. The number of hydrogen-bond donors (Lipinski definition) is 2. The number of nitrogens with two attached hydrogens (primary N) is 1. The number of pyridine rings is 2. The van der Waals surface area contributed by atoms with Gasteiger partial charge >= 0.3 is 0 Å². The molecule has 0 radical (unpaired) electrons. The largest absolute Gasteiger partial charge is 0.483 e. The third-order valence-electron chi connectivity index (χ3n) is 4.83. The van der Waals surface area contributed by atoms with Crippen molar-refractivity contribution in [3.8, 4) is 17.2 Å². The molecule has 3 N–H and O–H groups in total. The highest BCUT2D eigenvalue weighted by Gasteiger charge is 2.28. The minimum Gasteiger partial charge on any atom is -0.483 e. The number of anilines is 1. The van der Waals surface area contributed by atoms with E-state index in [0.717, 1.165) is 11.3 Å². The molecule has 3 aromatic rings. The van der Waals surface area contributed by atoms with Crippen molar-refractivity contribution in [1.29, 1.82) is 5.26 Å². The third kappa shape index (κ3) is 4.47. The number of nitrogen functional groups attached to an aromatic ring is 1. The highest BCUT2D eigenvalue weighted by Crippen LogP contribution is 2.38. The van der Waals surface area contributed by atoms with Gasteiger partial charge in [-0.15, -0.1) is 0 Å². The fourth-order valence-electron chi connectivity index (χ4n) is 3.50. The first kappa shape index (κ1) is 21.7. The first-order valence-corrected chi connectivity index (χ1v) is 9.63. The number of aromatic nitrogens is 2. The molecular weight excluding hydrogens is 418 g/mol. The molecule has 0 atom stereocenters. The third-order valence-corrected chi connectivity index (χ3v) is 5.16. The van der Waals surface area contributed by atoms with Gasteiger partial charge in [0.15, 0.2) is 0 Å². The number of benzene rings is 1. The van der Waals surface area contributed by atoms with Crippen LogP contribution in [-0.2, 0) is 17.8 Å². The Kier molecular flexibility index (Phi) is 6.80. The van der Waals surface area contributed by atoms with Gasteiger partial charge in [-0.05, 0) is 18.2 Å². The number of carbonyl (C=O) groups excluding carboxylic acids is 1. The van der Waals surface area contributed by atoms with Crippen LogP contribution in [-0.4, -0.2) is 38.9 Å². The maximum Gasteiger partial charge on any atom is 0.290 e. The first-order chi connectivity index (χ1) is 15.0. The molecule has 31 heavy (non-hydrogen) atoms. The molecule has 4 rings (SSSR count). The second-order valence-electron chi connectivity index (χ2n) is 6.59. The van der Waals surface area contributed by atoms with Crippen molar-refractivity contribution in [2.24, 2.45) is 0 Å². The summed E-state index contributed by atoms with van der Waals surface area (Å²) in [6.07, 6.45) is 3.73. The number of amides is 1. The zero-order valence-corrected chi connectivity index (χ0v) is 17.1. The number of halogens is 1. The molecular formula is C22H18ClN5O3. The lowest BCUT2D eigenvalue weighted by Crippen LogP contribution is -2.37. The lowest BCUT2D eigenvalue weighted by molar-refractivity contribution is -0.122. The van der Waals surface area contributed by atoms with Gasteiger partial charge in [0.25, 0.3) is 12.4 Å². The highest BCUT2D eigenvalue weighted by atomic mass is 35.5. The zero-order chi connectivity index (χ0) is 22.4. The smallest absolute Gasteiger partial charge is 0.290 e. The molecule has 1 aliphatic rings. The molecule has 156 valence electrons. The van der Waals surface area contributed by atoms with E-state index in [1.807, 2.05) is 18.2 Å². The van der Waals surface area contributed by atoms with Gasteiger partial charge in [-0.1, -0.05) is 29.8 Å². The molecule has 0 saturated heterocycles. The number of fused-ring (bicyclic) bond motifs is 1. The van der Waals surface area contributed by atoms with Gasteiger partial charge in [0, 0.05) is 53.6 Å². The highest BCUT2D eigenvalue weighted by molar-refractivity contribution is 6.33. The molecule has 1 amide bonds. The average Bonchev–Trinajstić information content (AvgIpc) is 2.79. The predicted octanol–water partition coefficient (Wildman–Crippen LogP) is 3.15. The van der Waals surface area contributed by atoms with Gasteiger partial charge in [-0.25, -0.2) is 4.98 Å². The molecule has 0 unspecified atom stereocenters. The summed E-state index contributed by atoms with van der Waals surface area (Å²) in [5.74, 6) is 0.0717. The number of nitrogens with zero attached hydrogens (tertiary/aromatic N) is 4. The molecule has 0 saturated carbocycles. The van der Waals surface area contributed by atoms with Crippen LogP contribution >= 0.6 is 11.6 Å². The number of hydrogen-bond acceptors (Lipinski definition) is 6. The molecule has 8 nitrogen and oxygen atoms in total. The van der Waals surface area contributed by atoms with Gasteiger partial charge in [-0.3, -0.25) is 14.6 Å². The molecule has 2 aromatic heterocycles. The SMILES string of the molecule is N#Cc1c(N)nc2c(c1-c1ccccc1Cl)CN(C(=O)c1cccnc1)CC2.O=CO. The molecule has 0 spiro atoms. The topological polar surface area (TPSA) is 133 Å². The molecule has 0 fully saturated rings. The Morgan fingerprint density at radius 3 is 2.68 bits per heavy atom. The fraction of sp³-hybridized carbons (Fsp3) is 0.136. The Morgan fingerprint density at radius 2 is 2.03 bits per heavy atom. The molecule has 9 heteroatoms. The lowest BCUT2D eigenvalue weighted by atomic mass is 9.91. The maximum absolute atomic E-state index is 12.9. The van der Waals surface area contributed by atoms with Crippen LogP contribution < -0.4 is 5.73 Å². The van der Waals surface area contributed by atoms with Gasteiger partial charge < -0.3 is 15.7 Å². The Labute approximate surface area is 183 Å². The normalized spacial score (nSPS) is 12.1. The van der Waals surface area contributed by atoms with Crippen molar-refractivity contribution in [2.75, 3.05) is 12.3 Å². The molecule has 1 aliphatic heterocycles. The maximum atomic E-state index is 12.9. The minimum atomic E-state index is -0.250. The summed E-state index contributed by atoms with van der Waals surface area (Å²) in [6, 6.07) is 12.9. The van der Waals surface area contributed by atoms with Crippen molar-refractivity contribution in [2.45, 2.75) is 13.0 Å². The van der Waals surface area contributed by atoms with Crippen LogP contribution in [0.15, 0.2) is 48.8 Å². The van der Waals surface area contributed by atoms with Crippen LogP contribution in [0.4, 0.5) is 5.82 Å². The van der Waals surface area contributed by atoms with Crippen molar-refractivity contribution in [3.05, 3.63) is 76.2 Å². The standard InChI is InChI=1S/C21H16ClN5O.CH2O2/c22-17-6-2-1-5-14(17)19-15(10-23)20(24)26-18-7-9-27(12-16(18)19)21(28)13-4-3-8-25-11-13;2-1-3/h1-6,8,11H,7,9,12H2,(H2,24,26);1H,(H,2,3). The number of rotatable bonds is 2. The summed E-state index contributed by atoms with van der Waals surface area (Å²) in [4.78, 5) is 31.4. The van der Waals surface area contributed by atoms with Gasteiger partial charge in [-0.2, -0.15) is 5.26 Å². The number of carboxylic acid groups (broad SMARTS) is 1. The predicted molar refractivity (Wildman–Crippen MR) is 115 cm³/mol. The average molecular weight is 436 g/mol. The van der Waals surface area contributed by atoms with Crippen LogP contribution in [0, 0.1) is 11.3 Å². The summed E-state index contributed by atoms with van der Waals surface area (Å²) in [6.45, 7) is 0.590. The zero-order valence-electron chi connectivity index (χ0n) is 16.3. The van der Waals surface area contributed by atoms with Crippen molar-refractivity contribution in [3.63, 3.8) is 0 Å². The van der Waals surface area contributed by atoms with E-state index in [1.54, 1.807) is 35.5 Å². The number of carbonyl (C=O) groups is 2. The Balaban J connectivity index is 0.000000858. The first-order valence-electron chi connectivity index (χ1n) is 9.25. The van der Waals surface area contributed by atoms with Crippen LogP contribution in [0.1, 0.15) is 27.2 Å². The van der Waals surface area contributed by atoms with Crippen LogP contribution in [0.25, 0.3) is 11.1 Å². The van der Waals surface area contributed by atoms with Gasteiger partial charge in [0.05, 0.1) is 11.3 Å². The van der Waals surface area contributed by atoms with E-state index in [4.69, 9.17) is 27.2 Å². The van der Waals surface area contributed by atoms with E-state index in [1.165, 1.54) is 0 Å². The molecule has 0 bridgehead atoms. The molecule has 0 aliphatic carbocycles. The monoisotopic (exact) mass is 435 g/mol. The van der Waals surface area contributed by atoms with E-state index >= 15 is 0 Å². The van der Waals surface area contributed by atoms with Crippen LogP contribution in [0.5, 0.6) is 0 Å². The van der Waals surface area contributed by atoms with E-state index in [2.05, 4.69) is 16.0 Å².